The van der Waals surface area contributed by atoms with Crippen LogP contribution in [0.25, 0.3) is 17.7 Å². The Kier molecular flexibility index (Phi) is 7.00. The van der Waals surface area contributed by atoms with E-state index in [0.717, 1.165) is 11.6 Å². The third-order valence-electron chi connectivity index (χ3n) is 5.71. The van der Waals surface area contributed by atoms with Crippen LogP contribution in [-0.4, -0.2) is 41.0 Å². The smallest absolute Gasteiger partial charge is 0.328 e. The highest BCUT2D eigenvalue weighted by molar-refractivity contribution is 6.34. The maximum atomic E-state index is 13.7. The van der Waals surface area contributed by atoms with Crippen LogP contribution in [0.4, 0.5) is 10.1 Å². The van der Waals surface area contributed by atoms with Crippen molar-refractivity contribution in [2.75, 3.05) is 18.5 Å². The van der Waals surface area contributed by atoms with Crippen molar-refractivity contribution >= 4 is 41.2 Å². The van der Waals surface area contributed by atoms with Gasteiger partial charge in [-0.05, 0) is 67.5 Å². The van der Waals surface area contributed by atoms with Gasteiger partial charge in [0.15, 0.2) is 0 Å². The number of ether oxygens (including phenoxy) is 1. The number of nitrogens with one attached hydrogen (secondary N) is 3. The van der Waals surface area contributed by atoms with E-state index in [4.69, 9.17) is 9.84 Å². The Balaban J connectivity index is 1.39. The molecule has 1 aliphatic heterocycles. The van der Waals surface area contributed by atoms with Gasteiger partial charge in [-0.2, -0.15) is 0 Å². The Hall–Kier alpha value is -4.66. The van der Waals surface area contributed by atoms with Crippen molar-refractivity contribution in [3.63, 3.8) is 0 Å². The minimum Gasteiger partial charge on any atom is -0.492 e. The van der Waals surface area contributed by atoms with Crippen LogP contribution in [0.3, 0.4) is 0 Å². The fourth-order valence-corrected chi connectivity index (χ4v) is 3.97. The van der Waals surface area contributed by atoms with Gasteiger partial charge in [-0.15, -0.1) is 0 Å². The Bertz CT molecular complexity index is 1400. The van der Waals surface area contributed by atoms with Gasteiger partial charge in [-0.1, -0.05) is 12.1 Å². The van der Waals surface area contributed by atoms with Crippen LogP contribution < -0.4 is 15.4 Å². The van der Waals surface area contributed by atoms with E-state index >= 15 is 0 Å². The molecule has 0 saturated heterocycles. The lowest BCUT2D eigenvalue weighted by atomic mass is 10.0. The second-order valence-electron chi connectivity index (χ2n) is 8.21. The first-order valence-electron chi connectivity index (χ1n) is 11.2. The van der Waals surface area contributed by atoms with Gasteiger partial charge >= 0.3 is 5.97 Å². The molecule has 0 fully saturated rings. The lowest BCUT2D eigenvalue weighted by molar-refractivity contribution is -0.131. The quantitative estimate of drug-likeness (QED) is 0.280. The second-order valence-corrected chi connectivity index (χ2v) is 8.21. The number of aliphatic carboxylic acids is 1. The number of aryl methyl sites for hydroxylation is 1. The van der Waals surface area contributed by atoms with Crippen molar-refractivity contribution in [1.29, 1.82) is 0 Å². The molecule has 0 bridgehead atoms. The van der Waals surface area contributed by atoms with Gasteiger partial charge in [0.2, 0.25) is 0 Å². The monoisotopic (exact) mass is 489 g/mol. The number of aromatic nitrogens is 1. The highest BCUT2D eigenvalue weighted by Gasteiger charge is 2.26. The van der Waals surface area contributed by atoms with Crippen molar-refractivity contribution in [3.05, 3.63) is 88.0 Å². The number of aromatic amines is 1. The number of amides is 2. The number of hydrogen-bond acceptors (Lipinski definition) is 4. The van der Waals surface area contributed by atoms with Crippen molar-refractivity contribution < 1.29 is 28.6 Å². The average Bonchev–Trinajstić information content (AvgIpc) is 3.30. The second kappa shape index (κ2) is 10.3. The zero-order chi connectivity index (χ0) is 25.8. The Morgan fingerprint density at radius 3 is 2.61 bits per heavy atom. The molecular formula is C27H24FN3O5. The van der Waals surface area contributed by atoms with E-state index < -0.39 is 11.8 Å². The van der Waals surface area contributed by atoms with Crippen molar-refractivity contribution in [3.8, 4) is 5.75 Å². The molecule has 0 saturated carbocycles. The number of carboxylic acids is 1. The molecule has 2 amide bonds. The maximum Gasteiger partial charge on any atom is 0.328 e. The molecule has 0 aliphatic carbocycles. The largest absolute Gasteiger partial charge is 0.492 e. The first-order chi connectivity index (χ1) is 17.2. The highest BCUT2D eigenvalue weighted by Crippen LogP contribution is 2.34. The molecule has 4 rings (SSSR count). The molecule has 36 heavy (non-hydrogen) atoms. The summed E-state index contributed by atoms with van der Waals surface area (Å²) in [6.45, 7) is 4.04. The van der Waals surface area contributed by atoms with Crippen molar-refractivity contribution in [1.82, 2.24) is 10.3 Å². The van der Waals surface area contributed by atoms with Gasteiger partial charge in [-0.25, -0.2) is 9.18 Å². The first kappa shape index (κ1) is 24.5. The zero-order valence-electron chi connectivity index (χ0n) is 19.6. The molecule has 4 N–H and O–H groups in total. The number of H-pyrrole nitrogens is 1. The van der Waals surface area contributed by atoms with Crippen LogP contribution in [0.15, 0.2) is 48.5 Å². The highest BCUT2D eigenvalue weighted by atomic mass is 19.1. The van der Waals surface area contributed by atoms with E-state index in [1.54, 1.807) is 44.2 Å². The molecule has 9 heteroatoms. The number of halogens is 1. The minimum absolute atomic E-state index is 0.234. The van der Waals surface area contributed by atoms with Crippen LogP contribution in [0.2, 0.25) is 0 Å². The van der Waals surface area contributed by atoms with E-state index in [1.807, 2.05) is 0 Å². The predicted octanol–water partition coefficient (Wildman–Crippen LogP) is 4.17. The van der Waals surface area contributed by atoms with Gasteiger partial charge < -0.3 is 25.5 Å². The van der Waals surface area contributed by atoms with Gasteiger partial charge in [0, 0.05) is 28.7 Å². The van der Waals surface area contributed by atoms with Crippen molar-refractivity contribution in [2.45, 2.75) is 13.8 Å². The van der Waals surface area contributed by atoms with E-state index in [0.29, 0.717) is 45.1 Å². The van der Waals surface area contributed by atoms with Gasteiger partial charge in [0.1, 0.15) is 18.2 Å². The van der Waals surface area contributed by atoms with Crippen LogP contribution in [0, 0.1) is 19.7 Å². The summed E-state index contributed by atoms with van der Waals surface area (Å²) in [6, 6.07) is 11.0. The van der Waals surface area contributed by atoms with Gasteiger partial charge in [0.25, 0.3) is 11.8 Å². The number of carbonyl (C=O) groups is 3. The van der Waals surface area contributed by atoms with E-state index in [-0.39, 0.29) is 25.0 Å². The molecule has 0 spiro atoms. The van der Waals surface area contributed by atoms with Crippen LogP contribution >= 0.6 is 0 Å². The molecule has 184 valence electrons. The summed E-state index contributed by atoms with van der Waals surface area (Å²) in [5.41, 5.74) is 4.42. The number of carbonyl (C=O) groups excluding carboxylic acids is 2. The molecule has 0 radical (unpaired) electrons. The van der Waals surface area contributed by atoms with Crippen LogP contribution in [0.5, 0.6) is 5.75 Å². The fraction of sp³-hybridized carbons (Fsp3) is 0.148. The molecular weight excluding hydrogens is 465 g/mol. The van der Waals surface area contributed by atoms with Gasteiger partial charge in [-0.3, -0.25) is 9.59 Å². The number of carboxylic acid groups (broad SMARTS) is 1. The zero-order valence-corrected chi connectivity index (χ0v) is 19.6. The van der Waals surface area contributed by atoms with E-state index in [2.05, 4.69) is 15.6 Å². The van der Waals surface area contributed by atoms with Gasteiger partial charge in [0.05, 0.1) is 17.7 Å². The molecule has 0 atom stereocenters. The number of anilines is 1. The Labute approximate surface area is 206 Å². The normalized spacial score (nSPS) is 13.6. The summed E-state index contributed by atoms with van der Waals surface area (Å²) in [5.74, 6) is -1.50. The maximum absolute atomic E-state index is 13.7. The molecule has 3 aromatic rings. The lowest BCUT2D eigenvalue weighted by Crippen LogP contribution is -2.28. The standard InChI is InChI=1S/C27H24FN3O5/c1-15-23(14-21-20-13-18(28)6-9-22(20)31-26(21)34)30-16(2)25(15)27(35)29-11-12-36-19-7-3-17(4-8-19)5-10-24(32)33/h3-10,13-14,30H,11-12H2,1-2H3,(H,29,35)(H,31,34)(H,32,33)/b10-5+,21-14-. The Morgan fingerprint density at radius 2 is 1.89 bits per heavy atom. The number of benzene rings is 2. The third kappa shape index (κ3) is 5.35. The summed E-state index contributed by atoms with van der Waals surface area (Å²) in [7, 11) is 0. The molecule has 2 heterocycles. The lowest BCUT2D eigenvalue weighted by Gasteiger charge is -2.08. The number of rotatable bonds is 8. The minimum atomic E-state index is -1.02. The van der Waals surface area contributed by atoms with E-state index in [9.17, 15) is 18.8 Å². The number of hydrogen-bond donors (Lipinski definition) is 4. The number of fused-ring (bicyclic) bond motifs is 1. The third-order valence-corrected chi connectivity index (χ3v) is 5.71. The van der Waals surface area contributed by atoms with Crippen molar-refractivity contribution in [2.24, 2.45) is 0 Å². The SMILES string of the molecule is Cc1[nH]c(/C=C2\C(=O)Nc3ccc(F)cc32)c(C)c1C(=O)NCCOc1ccc(/C=C/C(=O)O)cc1. The summed E-state index contributed by atoms with van der Waals surface area (Å²) in [6.07, 6.45) is 4.16. The van der Waals surface area contributed by atoms with E-state index in [1.165, 1.54) is 24.3 Å². The molecule has 1 aromatic heterocycles. The first-order valence-corrected chi connectivity index (χ1v) is 11.2. The molecule has 8 nitrogen and oxygen atoms in total. The fourth-order valence-electron chi connectivity index (χ4n) is 3.97. The summed E-state index contributed by atoms with van der Waals surface area (Å²) >= 11 is 0. The van der Waals surface area contributed by atoms with Crippen LogP contribution in [-0.2, 0) is 9.59 Å². The predicted molar refractivity (Wildman–Crippen MR) is 134 cm³/mol. The summed E-state index contributed by atoms with van der Waals surface area (Å²) in [4.78, 5) is 39.0. The average molecular weight is 490 g/mol. The topological polar surface area (TPSA) is 121 Å². The summed E-state index contributed by atoms with van der Waals surface area (Å²) < 4.78 is 19.4. The molecule has 2 aromatic carbocycles. The van der Waals surface area contributed by atoms with Crippen LogP contribution in [0.1, 0.15) is 38.4 Å². The Morgan fingerprint density at radius 1 is 1.14 bits per heavy atom. The summed E-state index contributed by atoms with van der Waals surface area (Å²) in [5, 5.41) is 14.2. The molecule has 1 aliphatic rings. The molecule has 0 unspecified atom stereocenters.